The zero-order valence-corrected chi connectivity index (χ0v) is 9.62. The predicted molar refractivity (Wildman–Crippen MR) is 60.1 cm³/mol. The molecule has 4 N–H and O–H groups in total. The first-order valence-electron chi connectivity index (χ1n) is 5.18. The number of nitrogens with zero attached hydrogens (tertiary/aromatic N) is 1. The van der Waals surface area contributed by atoms with E-state index in [0.717, 1.165) is 5.69 Å². The van der Waals surface area contributed by atoms with Gasteiger partial charge in [0.05, 0.1) is 24.4 Å². The number of aromatic amines is 1. The lowest BCUT2D eigenvalue weighted by atomic mass is 10.2. The molecule has 90 valence electrons. The Morgan fingerprint density at radius 2 is 2.50 bits per heavy atom. The minimum absolute atomic E-state index is 0.0585. The third-order valence-electron chi connectivity index (χ3n) is 2.29. The van der Waals surface area contributed by atoms with Crippen LogP contribution in [0.4, 0.5) is 0 Å². The molecule has 0 aliphatic heterocycles. The van der Waals surface area contributed by atoms with Gasteiger partial charge in [-0.15, -0.1) is 0 Å². The second-order valence-electron chi connectivity index (χ2n) is 3.61. The second-order valence-corrected chi connectivity index (χ2v) is 3.61. The smallest absolute Gasteiger partial charge is 0.255 e. The Balaban J connectivity index is 2.58. The monoisotopic (exact) mass is 226 g/mol. The number of H-pyrrole nitrogens is 1. The molecule has 1 amide bonds. The van der Waals surface area contributed by atoms with Crippen molar-refractivity contribution in [3.8, 4) is 0 Å². The normalized spacial score (nSPS) is 12.4. The summed E-state index contributed by atoms with van der Waals surface area (Å²) in [5, 5.41) is 9.38. The average molecular weight is 226 g/mol. The molecule has 1 aromatic rings. The topological polar surface area (TPSA) is 93.0 Å². The standard InChI is InChI=1S/C10H18N4O2/c1-7-9(5-12-14-7)10(15)13-8(3-4-11)6-16-2/h5,8H,3-4,6,11H2,1-2H3,(H,12,14)(H,13,15). The zero-order valence-electron chi connectivity index (χ0n) is 9.62. The fraction of sp³-hybridized carbons (Fsp3) is 0.600. The lowest BCUT2D eigenvalue weighted by molar-refractivity contribution is 0.0893. The maximum absolute atomic E-state index is 11.8. The summed E-state index contributed by atoms with van der Waals surface area (Å²) in [7, 11) is 1.60. The first-order chi connectivity index (χ1) is 7.69. The van der Waals surface area contributed by atoms with E-state index in [1.807, 2.05) is 0 Å². The van der Waals surface area contributed by atoms with E-state index >= 15 is 0 Å². The van der Waals surface area contributed by atoms with Gasteiger partial charge in [0.1, 0.15) is 0 Å². The van der Waals surface area contributed by atoms with Crippen molar-refractivity contribution >= 4 is 5.91 Å². The van der Waals surface area contributed by atoms with Crippen LogP contribution >= 0.6 is 0 Å². The van der Waals surface area contributed by atoms with E-state index in [-0.39, 0.29) is 11.9 Å². The van der Waals surface area contributed by atoms with E-state index in [0.29, 0.717) is 25.1 Å². The average Bonchev–Trinajstić information content (AvgIpc) is 2.65. The Morgan fingerprint density at radius 1 is 1.75 bits per heavy atom. The summed E-state index contributed by atoms with van der Waals surface area (Å²) in [6.45, 7) is 2.77. The van der Waals surface area contributed by atoms with Crippen LogP contribution < -0.4 is 11.1 Å². The molecule has 0 spiro atoms. The van der Waals surface area contributed by atoms with E-state index < -0.39 is 0 Å². The molecule has 0 fully saturated rings. The lowest BCUT2D eigenvalue weighted by Crippen LogP contribution is -2.39. The van der Waals surface area contributed by atoms with Crippen LogP contribution in [0.15, 0.2) is 6.20 Å². The molecule has 0 radical (unpaired) electrons. The number of carbonyl (C=O) groups excluding carboxylic acids is 1. The summed E-state index contributed by atoms with van der Waals surface area (Å²) < 4.78 is 5.01. The van der Waals surface area contributed by atoms with Gasteiger partial charge in [-0.3, -0.25) is 9.89 Å². The Morgan fingerprint density at radius 3 is 3.00 bits per heavy atom. The molecule has 6 nitrogen and oxygen atoms in total. The Labute approximate surface area is 94.5 Å². The number of hydrogen-bond acceptors (Lipinski definition) is 4. The molecule has 0 aliphatic rings. The minimum Gasteiger partial charge on any atom is -0.383 e. The quantitative estimate of drug-likeness (QED) is 0.627. The van der Waals surface area contributed by atoms with Gasteiger partial charge in [-0.05, 0) is 19.9 Å². The van der Waals surface area contributed by atoms with Gasteiger partial charge in [0.2, 0.25) is 0 Å². The van der Waals surface area contributed by atoms with Crippen LogP contribution in [0.25, 0.3) is 0 Å². The minimum atomic E-state index is -0.151. The number of ether oxygens (including phenoxy) is 1. The molecule has 1 aromatic heterocycles. The number of rotatable bonds is 6. The predicted octanol–water partition coefficient (Wildman–Crippen LogP) is -0.188. The SMILES string of the molecule is COCC(CCN)NC(=O)c1cn[nH]c1C. The summed E-state index contributed by atoms with van der Waals surface area (Å²) in [6, 6.07) is -0.0585. The van der Waals surface area contributed by atoms with Crippen molar-refractivity contribution in [2.24, 2.45) is 5.73 Å². The van der Waals surface area contributed by atoms with Crippen molar-refractivity contribution in [3.05, 3.63) is 17.5 Å². The third kappa shape index (κ3) is 3.32. The number of amides is 1. The summed E-state index contributed by atoms with van der Waals surface area (Å²) in [5.41, 5.74) is 6.76. The molecule has 1 unspecified atom stereocenters. The van der Waals surface area contributed by atoms with Crippen molar-refractivity contribution in [1.82, 2.24) is 15.5 Å². The summed E-state index contributed by atoms with van der Waals surface area (Å²) in [4.78, 5) is 11.8. The van der Waals surface area contributed by atoms with Crippen molar-refractivity contribution in [2.45, 2.75) is 19.4 Å². The lowest BCUT2D eigenvalue weighted by Gasteiger charge is -2.16. The van der Waals surface area contributed by atoms with Crippen LogP contribution in [0, 0.1) is 6.92 Å². The molecule has 0 bridgehead atoms. The van der Waals surface area contributed by atoms with Crippen molar-refractivity contribution in [1.29, 1.82) is 0 Å². The second kappa shape index (κ2) is 6.24. The molecule has 16 heavy (non-hydrogen) atoms. The first kappa shape index (κ1) is 12.7. The van der Waals surface area contributed by atoms with E-state index in [1.165, 1.54) is 6.20 Å². The number of nitrogens with one attached hydrogen (secondary N) is 2. The van der Waals surface area contributed by atoms with Crippen molar-refractivity contribution in [2.75, 3.05) is 20.3 Å². The van der Waals surface area contributed by atoms with Gasteiger partial charge in [-0.1, -0.05) is 0 Å². The van der Waals surface area contributed by atoms with Crippen LogP contribution in [0.5, 0.6) is 0 Å². The van der Waals surface area contributed by atoms with Gasteiger partial charge in [0.15, 0.2) is 0 Å². The van der Waals surface area contributed by atoms with Gasteiger partial charge in [-0.2, -0.15) is 5.10 Å². The fourth-order valence-corrected chi connectivity index (χ4v) is 1.44. The molecule has 1 rings (SSSR count). The van der Waals surface area contributed by atoms with Crippen LogP contribution in [0.1, 0.15) is 22.5 Å². The van der Waals surface area contributed by atoms with Gasteiger partial charge in [-0.25, -0.2) is 0 Å². The number of hydrogen-bond donors (Lipinski definition) is 3. The van der Waals surface area contributed by atoms with Crippen molar-refractivity contribution in [3.63, 3.8) is 0 Å². The number of nitrogens with two attached hydrogens (primary N) is 1. The highest BCUT2D eigenvalue weighted by Crippen LogP contribution is 2.03. The van der Waals surface area contributed by atoms with E-state index in [4.69, 9.17) is 10.5 Å². The van der Waals surface area contributed by atoms with Gasteiger partial charge in [0.25, 0.3) is 5.91 Å². The molecule has 0 aromatic carbocycles. The van der Waals surface area contributed by atoms with Gasteiger partial charge >= 0.3 is 0 Å². The van der Waals surface area contributed by atoms with Gasteiger partial charge < -0.3 is 15.8 Å². The summed E-state index contributed by atoms with van der Waals surface area (Å²) >= 11 is 0. The van der Waals surface area contributed by atoms with Crippen LogP contribution in [-0.2, 0) is 4.74 Å². The molecule has 0 aliphatic carbocycles. The van der Waals surface area contributed by atoms with Gasteiger partial charge in [0, 0.05) is 12.8 Å². The highest BCUT2D eigenvalue weighted by Gasteiger charge is 2.15. The highest BCUT2D eigenvalue weighted by molar-refractivity contribution is 5.95. The summed E-state index contributed by atoms with van der Waals surface area (Å²) in [5.74, 6) is -0.151. The molecule has 1 atom stereocenters. The van der Waals surface area contributed by atoms with Crippen LogP contribution in [-0.4, -0.2) is 42.4 Å². The highest BCUT2D eigenvalue weighted by atomic mass is 16.5. The molecular weight excluding hydrogens is 208 g/mol. The van der Waals surface area contributed by atoms with E-state index in [2.05, 4.69) is 15.5 Å². The Bertz CT molecular complexity index is 331. The first-order valence-corrected chi connectivity index (χ1v) is 5.18. The maximum Gasteiger partial charge on any atom is 0.255 e. The largest absolute Gasteiger partial charge is 0.383 e. The van der Waals surface area contributed by atoms with E-state index in [1.54, 1.807) is 14.0 Å². The molecular formula is C10H18N4O2. The molecule has 0 saturated heterocycles. The number of aromatic nitrogens is 2. The molecule has 1 heterocycles. The Kier molecular flexibility index (Phi) is 4.94. The van der Waals surface area contributed by atoms with E-state index in [9.17, 15) is 4.79 Å². The number of methoxy groups -OCH3 is 1. The third-order valence-corrected chi connectivity index (χ3v) is 2.29. The number of aryl methyl sites for hydroxylation is 1. The summed E-state index contributed by atoms with van der Waals surface area (Å²) in [6.07, 6.45) is 2.20. The van der Waals surface area contributed by atoms with Crippen LogP contribution in [0.3, 0.4) is 0 Å². The van der Waals surface area contributed by atoms with Crippen LogP contribution in [0.2, 0.25) is 0 Å². The maximum atomic E-state index is 11.8. The number of carbonyl (C=O) groups is 1. The zero-order chi connectivity index (χ0) is 12.0. The Hall–Kier alpha value is -1.40. The molecule has 6 heteroatoms. The molecule has 0 saturated carbocycles. The fourth-order valence-electron chi connectivity index (χ4n) is 1.44. The van der Waals surface area contributed by atoms with Crippen molar-refractivity contribution < 1.29 is 9.53 Å².